The summed E-state index contributed by atoms with van der Waals surface area (Å²) in [5.74, 6) is 0.218. The minimum atomic E-state index is -0.240. The van der Waals surface area contributed by atoms with E-state index in [4.69, 9.17) is 11.5 Å². The van der Waals surface area contributed by atoms with Crippen molar-refractivity contribution < 1.29 is 4.79 Å². The predicted molar refractivity (Wildman–Crippen MR) is 76.6 cm³/mol. The summed E-state index contributed by atoms with van der Waals surface area (Å²) in [6, 6.07) is -0.240. The zero-order valence-corrected chi connectivity index (χ0v) is 11.8. The molecule has 0 aromatic carbocycles. The van der Waals surface area contributed by atoms with Gasteiger partial charge in [0.05, 0.1) is 10.6 Å². The van der Waals surface area contributed by atoms with Crippen molar-refractivity contribution in [1.29, 1.82) is 0 Å². The lowest BCUT2D eigenvalue weighted by atomic mass is 10.0. The zero-order valence-electron chi connectivity index (χ0n) is 11.0. The van der Waals surface area contributed by atoms with Crippen molar-refractivity contribution >= 4 is 28.2 Å². The summed E-state index contributed by atoms with van der Waals surface area (Å²) >= 11 is 1.39. The molecule has 7 heteroatoms. The van der Waals surface area contributed by atoms with Crippen molar-refractivity contribution in [2.24, 2.45) is 16.5 Å². The number of hydrogen-bond acceptors (Lipinski definition) is 5. The van der Waals surface area contributed by atoms with Gasteiger partial charge in [0.15, 0.2) is 11.7 Å². The Morgan fingerprint density at radius 1 is 1.58 bits per heavy atom. The standard InChI is InChI=1S/C12H19N5OS/c1-2-3-4-8(18)9-10-7(5-6-15-9)16-12(19-10)17-11(13)14/h9,15H,2-6H2,1H3,(H4,13,14,16,17). The van der Waals surface area contributed by atoms with E-state index in [0.29, 0.717) is 11.6 Å². The first-order valence-electron chi connectivity index (χ1n) is 6.47. The highest BCUT2D eigenvalue weighted by atomic mass is 32.1. The number of aromatic nitrogens is 1. The summed E-state index contributed by atoms with van der Waals surface area (Å²) in [7, 11) is 0. The Bertz CT molecular complexity index is 492. The number of thiazole rings is 1. The van der Waals surface area contributed by atoms with Crippen LogP contribution >= 0.6 is 11.3 Å². The first-order valence-corrected chi connectivity index (χ1v) is 7.28. The normalized spacial score (nSPS) is 17.8. The van der Waals surface area contributed by atoms with Gasteiger partial charge in [-0.2, -0.15) is 4.99 Å². The fourth-order valence-corrected chi connectivity index (χ4v) is 3.20. The monoisotopic (exact) mass is 281 g/mol. The Morgan fingerprint density at radius 3 is 3.05 bits per heavy atom. The highest BCUT2D eigenvalue weighted by Crippen LogP contribution is 2.34. The molecule has 1 aromatic heterocycles. The number of guanidine groups is 1. The van der Waals surface area contributed by atoms with Crippen molar-refractivity contribution in [3.63, 3.8) is 0 Å². The third-order valence-electron chi connectivity index (χ3n) is 3.01. The van der Waals surface area contributed by atoms with Crippen LogP contribution in [0, 0.1) is 0 Å². The Labute approximate surface area is 116 Å². The number of aliphatic imine (C=N–C) groups is 1. The first-order chi connectivity index (χ1) is 9.11. The molecule has 0 amide bonds. The largest absolute Gasteiger partial charge is 0.370 e. The molecule has 0 aliphatic carbocycles. The maximum Gasteiger partial charge on any atom is 0.212 e. The number of Topliss-reactive ketones (excluding diaryl/α,β-unsaturated/α-hetero) is 1. The molecule has 1 atom stereocenters. The lowest BCUT2D eigenvalue weighted by Crippen LogP contribution is -2.34. The van der Waals surface area contributed by atoms with Gasteiger partial charge in [0.25, 0.3) is 0 Å². The Morgan fingerprint density at radius 2 is 2.37 bits per heavy atom. The maximum atomic E-state index is 12.2. The molecule has 1 unspecified atom stereocenters. The fraction of sp³-hybridized carbons (Fsp3) is 0.583. The van der Waals surface area contributed by atoms with Crippen LogP contribution < -0.4 is 16.8 Å². The second kappa shape index (κ2) is 6.12. The summed E-state index contributed by atoms with van der Waals surface area (Å²) < 4.78 is 0. The van der Waals surface area contributed by atoms with E-state index < -0.39 is 0 Å². The second-order valence-corrected chi connectivity index (χ2v) is 5.56. The number of unbranched alkanes of at least 4 members (excludes halogenated alkanes) is 1. The molecular formula is C12H19N5OS. The van der Waals surface area contributed by atoms with Crippen molar-refractivity contribution in [3.05, 3.63) is 10.6 Å². The maximum absolute atomic E-state index is 12.2. The van der Waals surface area contributed by atoms with Crippen LogP contribution in [0.15, 0.2) is 4.99 Å². The van der Waals surface area contributed by atoms with Gasteiger partial charge in [-0.3, -0.25) is 4.79 Å². The van der Waals surface area contributed by atoms with Gasteiger partial charge in [-0.1, -0.05) is 24.7 Å². The molecule has 0 spiro atoms. The zero-order chi connectivity index (χ0) is 13.8. The van der Waals surface area contributed by atoms with Crippen molar-refractivity contribution in [2.75, 3.05) is 6.54 Å². The number of fused-ring (bicyclic) bond motifs is 1. The van der Waals surface area contributed by atoms with Gasteiger partial charge in [-0.25, -0.2) is 4.98 Å². The molecule has 1 aliphatic rings. The highest BCUT2D eigenvalue weighted by molar-refractivity contribution is 7.15. The third kappa shape index (κ3) is 3.30. The Kier molecular flexibility index (Phi) is 4.49. The molecular weight excluding hydrogens is 262 g/mol. The topological polar surface area (TPSA) is 106 Å². The molecule has 19 heavy (non-hydrogen) atoms. The van der Waals surface area contributed by atoms with Crippen LogP contribution in [0.25, 0.3) is 0 Å². The van der Waals surface area contributed by atoms with Gasteiger partial charge < -0.3 is 16.8 Å². The SMILES string of the molecule is CCCCC(=O)C1NCCc2nc(N=C(N)N)sc21. The fourth-order valence-electron chi connectivity index (χ4n) is 2.10. The summed E-state index contributed by atoms with van der Waals surface area (Å²) in [4.78, 5) is 21.5. The molecule has 1 aliphatic heterocycles. The van der Waals surface area contributed by atoms with E-state index in [1.54, 1.807) is 0 Å². The van der Waals surface area contributed by atoms with Crippen LogP contribution in [0.5, 0.6) is 0 Å². The molecule has 5 N–H and O–H groups in total. The molecule has 0 bridgehead atoms. The number of carbonyl (C=O) groups is 1. The highest BCUT2D eigenvalue weighted by Gasteiger charge is 2.29. The molecule has 2 rings (SSSR count). The molecule has 0 radical (unpaired) electrons. The van der Waals surface area contributed by atoms with Crippen LogP contribution in [-0.2, 0) is 11.2 Å². The van der Waals surface area contributed by atoms with E-state index >= 15 is 0 Å². The number of nitrogens with two attached hydrogens (primary N) is 2. The van der Waals surface area contributed by atoms with Gasteiger partial charge >= 0.3 is 0 Å². The average Bonchev–Trinajstić information content (AvgIpc) is 2.76. The van der Waals surface area contributed by atoms with Crippen LogP contribution in [0.2, 0.25) is 0 Å². The summed E-state index contributed by atoms with van der Waals surface area (Å²) in [6.07, 6.45) is 3.35. The van der Waals surface area contributed by atoms with Crippen LogP contribution in [-0.4, -0.2) is 23.3 Å². The quantitative estimate of drug-likeness (QED) is 0.551. The van der Waals surface area contributed by atoms with E-state index in [2.05, 4.69) is 22.2 Å². The van der Waals surface area contributed by atoms with Crippen molar-refractivity contribution in [3.8, 4) is 0 Å². The molecule has 0 saturated carbocycles. The van der Waals surface area contributed by atoms with Crippen molar-refractivity contribution in [2.45, 2.75) is 38.6 Å². The minimum absolute atomic E-state index is 0.00656. The second-order valence-electron chi connectivity index (χ2n) is 4.55. The Hall–Kier alpha value is -1.47. The van der Waals surface area contributed by atoms with E-state index in [-0.39, 0.29) is 17.8 Å². The molecule has 6 nitrogen and oxygen atoms in total. The number of nitrogens with one attached hydrogen (secondary N) is 1. The molecule has 104 valence electrons. The van der Waals surface area contributed by atoms with E-state index in [0.717, 1.165) is 36.4 Å². The summed E-state index contributed by atoms with van der Waals surface area (Å²) in [6.45, 7) is 2.84. The number of ketones is 1. The van der Waals surface area contributed by atoms with Crippen LogP contribution in [0.4, 0.5) is 5.13 Å². The average molecular weight is 281 g/mol. The van der Waals surface area contributed by atoms with Gasteiger partial charge in [-0.05, 0) is 6.42 Å². The molecule has 0 saturated heterocycles. The van der Waals surface area contributed by atoms with E-state index in [9.17, 15) is 4.79 Å². The summed E-state index contributed by atoms with van der Waals surface area (Å²) in [5.41, 5.74) is 11.7. The smallest absolute Gasteiger partial charge is 0.212 e. The van der Waals surface area contributed by atoms with Gasteiger partial charge in [-0.15, -0.1) is 0 Å². The number of rotatable bonds is 5. The van der Waals surface area contributed by atoms with E-state index in [1.165, 1.54) is 11.3 Å². The van der Waals surface area contributed by atoms with Crippen LogP contribution in [0.3, 0.4) is 0 Å². The number of carbonyl (C=O) groups excluding carboxylic acids is 1. The summed E-state index contributed by atoms with van der Waals surface area (Å²) in [5, 5.41) is 3.79. The van der Waals surface area contributed by atoms with Crippen LogP contribution in [0.1, 0.15) is 42.8 Å². The lowest BCUT2D eigenvalue weighted by molar-refractivity contribution is -0.121. The lowest BCUT2D eigenvalue weighted by Gasteiger charge is -2.21. The molecule has 1 aromatic rings. The number of nitrogens with zero attached hydrogens (tertiary/aromatic N) is 2. The first kappa shape index (κ1) is 14.0. The molecule has 2 heterocycles. The predicted octanol–water partition coefficient (Wildman–Crippen LogP) is 0.994. The van der Waals surface area contributed by atoms with Crippen molar-refractivity contribution in [1.82, 2.24) is 10.3 Å². The number of hydrogen-bond donors (Lipinski definition) is 3. The minimum Gasteiger partial charge on any atom is -0.370 e. The van der Waals surface area contributed by atoms with E-state index in [1.807, 2.05) is 0 Å². The van der Waals surface area contributed by atoms with Gasteiger partial charge in [0.1, 0.15) is 6.04 Å². The third-order valence-corrected chi connectivity index (χ3v) is 4.07. The van der Waals surface area contributed by atoms with Gasteiger partial charge in [0, 0.05) is 19.4 Å². The Balaban J connectivity index is 2.21. The molecule has 0 fully saturated rings. The van der Waals surface area contributed by atoms with Gasteiger partial charge in [0.2, 0.25) is 5.13 Å².